The van der Waals surface area contributed by atoms with Crippen LogP contribution in [0.25, 0.3) is 0 Å². The molecule has 15 heavy (non-hydrogen) atoms. The lowest BCUT2D eigenvalue weighted by atomic mass is 10.2. The molecule has 0 saturated carbocycles. The molecule has 1 heterocycles. The van der Waals surface area contributed by atoms with Crippen molar-refractivity contribution in [3.05, 3.63) is 0 Å². The van der Waals surface area contributed by atoms with Gasteiger partial charge >= 0.3 is 0 Å². The molecular weight excluding hydrogens is 204 g/mol. The Morgan fingerprint density at radius 3 is 2.60 bits per heavy atom. The fourth-order valence-corrected chi connectivity index (χ4v) is 1.32. The highest BCUT2D eigenvalue weighted by Gasteiger charge is 2.29. The first-order valence-electron chi connectivity index (χ1n) is 5.17. The lowest BCUT2D eigenvalue weighted by Gasteiger charge is -2.32. The number of alkyl halides is 2. The Bertz CT molecular complexity index is 194. The first kappa shape index (κ1) is 12.8. The van der Waals surface area contributed by atoms with Gasteiger partial charge in [0.1, 0.15) is 6.10 Å². The molecule has 1 saturated heterocycles. The van der Waals surface area contributed by atoms with E-state index in [1.807, 2.05) is 20.8 Å². The van der Waals surface area contributed by atoms with E-state index in [4.69, 9.17) is 9.47 Å². The predicted octanol–water partition coefficient (Wildman–Crippen LogP) is 1.42. The largest absolute Gasteiger partial charge is 0.373 e. The van der Waals surface area contributed by atoms with Crippen LogP contribution in [-0.4, -0.2) is 43.9 Å². The van der Waals surface area contributed by atoms with E-state index in [9.17, 15) is 8.78 Å². The van der Waals surface area contributed by atoms with Crippen LogP contribution in [0.4, 0.5) is 8.78 Å². The third-order valence-electron chi connectivity index (χ3n) is 2.07. The van der Waals surface area contributed by atoms with Crippen LogP contribution in [0, 0.1) is 0 Å². The molecule has 2 unspecified atom stereocenters. The molecule has 0 aliphatic carbocycles. The van der Waals surface area contributed by atoms with Gasteiger partial charge in [0.2, 0.25) is 0 Å². The summed E-state index contributed by atoms with van der Waals surface area (Å²) >= 11 is 0. The minimum atomic E-state index is -2.44. The average molecular weight is 223 g/mol. The van der Waals surface area contributed by atoms with Gasteiger partial charge in [0, 0.05) is 13.1 Å². The van der Waals surface area contributed by atoms with Crippen LogP contribution in [0.15, 0.2) is 0 Å². The summed E-state index contributed by atoms with van der Waals surface area (Å²) in [6, 6.07) is 0. The number of hydrogen-bond donors (Lipinski definition) is 1. The van der Waals surface area contributed by atoms with Crippen LogP contribution in [-0.2, 0) is 9.47 Å². The van der Waals surface area contributed by atoms with Gasteiger partial charge in [-0.05, 0) is 20.8 Å². The monoisotopic (exact) mass is 223 g/mol. The molecule has 5 heteroatoms. The molecule has 0 spiro atoms. The van der Waals surface area contributed by atoms with Crippen LogP contribution in [0.3, 0.4) is 0 Å². The van der Waals surface area contributed by atoms with Crippen molar-refractivity contribution in [2.75, 3.05) is 19.7 Å². The van der Waals surface area contributed by atoms with Gasteiger partial charge < -0.3 is 14.8 Å². The standard InChI is InChI=1S/C10H19F2NO2/c1-10(2,3)14-6-7-4-13-5-8(15-7)9(11)12/h7-9,13H,4-6H2,1-3H3. The quantitative estimate of drug-likeness (QED) is 0.785. The van der Waals surface area contributed by atoms with Crippen LogP contribution in [0.2, 0.25) is 0 Å². The molecule has 1 aliphatic rings. The SMILES string of the molecule is CC(C)(C)OCC1CNCC(C(F)F)O1. The van der Waals surface area contributed by atoms with Crippen molar-refractivity contribution in [1.82, 2.24) is 5.32 Å². The fourth-order valence-electron chi connectivity index (χ4n) is 1.32. The highest BCUT2D eigenvalue weighted by Crippen LogP contribution is 2.14. The van der Waals surface area contributed by atoms with Crippen molar-refractivity contribution in [3.63, 3.8) is 0 Å². The Balaban J connectivity index is 2.30. The lowest BCUT2D eigenvalue weighted by molar-refractivity contribution is -0.143. The number of hydrogen-bond acceptors (Lipinski definition) is 3. The van der Waals surface area contributed by atoms with E-state index in [1.165, 1.54) is 0 Å². The second kappa shape index (κ2) is 5.18. The summed E-state index contributed by atoms with van der Waals surface area (Å²) in [7, 11) is 0. The Morgan fingerprint density at radius 1 is 1.40 bits per heavy atom. The van der Waals surface area contributed by atoms with E-state index >= 15 is 0 Å². The highest BCUT2D eigenvalue weighted by molar-refractivity contribution is 4.76. The third-order valence-corrected chi connectivity index (χ3v) is 2.07. The van der Waals surface area contributed by atoms with E-state index in [1.54, 1.807) is 0 Å². The minimum absolute atomic E-state index is 0.212. The van der Waals surface area contributed by atoms with E-state index in [2.05, 4.69) is 5.32 Å². The molecule has 0 amide bonds. The smallest absolute Gasteiger partial charge is 0.265 e. The molecule has 1 fully saturated rings. The zero-order valence-electron chi connectivity index (χ0n) is 9.43. The van der Waals surface area contributed by atoms with Crippen molar-refractivity contribution in [1.29, 1.82) is 0 Å². The summed E-state index contributed by atoms with van der Waals surface area (Å²) < 4.78 is 35.4. The Labute approximate surface area is 89.1 Å². The Hall–Kier alpha value is -0.260. The number of halogens is 2. The van der Waals surface area contributed by atoms with E-state index < -0.39 is 12.5 Å². The van der Waals surface area contributed by atoms with Gasteiger partial charge in [-0.15, -0.1) is 0 Å². The van der Waals surface area contributed by atoms with Crippen LogP contribution < -0.4 is 5.32 Å². The Kier molecular flexibility index (Phi) is 4.43. The summed E-state index contributed by atoms with van der Waals surface area (Å²) in [5.74, 6) is 0. The molecule has 0 aromatic heterocycles. The molecular formula is C10H19F2NO2. The van der Waals surface area contributed by atoms with Gasteiger partial charge in [-0.25, -0.2) is 8.78 Å². The molecule has 1 N–H and O–H groups in total. The predicted molar refractivity (Wildman–Crippen MR) is 53.2 cm³/mol. The lowest BCUT2D eigenvalue weighted by Crippen LogP contribution is -2.49. The van der Waals surface area contributed by atoms with Crippen molar-refractivity contribution >= 4 is 0 Å². The minimum Gasteiger partial charge on any atom is -0.373 e. The van der Waals surface area contributed by atoms with E-state index in [0.29, 0.717) is 13.2 Å². The highest BCUT2D eigenvalue weighted by atomic mass is 19.3. The maximum atomic E-state index is 12.4. The zero-order chi connectivity index (χ0) is 11.5. The summed E-state index contributed by atoms with van der Waals surface area (Å²) in [4.78, 5) is 0. The number of ether oxygens (including phenoxy) is 2. The van der Waals surface area contributed by atoms with E-state index in [0.717, 1.165) is 0 Å². The molecule has 0 aromatic carbocycles. The summed E-state index contributed by atoms with van der Waals surface area (Å²) in [6.45, 7) is 6.90. The molecule has 0 radical (unpaired) electrons. The summed E-state index contributed by atoms with van der Waals surface area (Å²) in [5, 5.41) is 2.92. The molecule has 1 aliphatic heterocycles. The maximum absolute atomic E-state index is 12.4. The molecule has 2 atom stereocenters. The van der Waals surface area contributed by atoms with Gasteiger partial charge in [0.25, 0.3) is 6.43 Å². The number of rotatable bonds is 3. The maximum Gasteiger partial charge on any atom is 0.265 e. The first-order chi connectivity index (χ1) is 6.88. The van der Waals surface area contributed by atoms with Crippen molar-refractivity contribution in [3.8, 4) is 0 Å². The Morgan fingerprint density at radius 2 is 2.07 bits per heavy atom. The van der Waals surface area contributed by atoms with E-state index in [-0.39, 0.29) is 18.2 Å². The number of morpholine rings is 1. The normalized spacial score (nSPS) is 28.4. The van der Waals surface area contributed by atoms with Crippen LogP contribution in [0.1, 0.15) is 20.8 Å². The van der Waals surface area contributed by atoms with Gasteiger partial charge in [0.05, 0.1) is 18.3 Å². The second-order valence-electron chi connectivity index (χ2n) is 4.71. The fraction of sp³-hybridized carbons (Fsp3) is 1.00. The first-order valence-corrected chi connectivity index (χ1v) is 5.17. The topological polar surface area (TPSA) is 30.5 Å². The summed E-state index contributed by atoms with van der Waals surface area (Å²) in [6.07, 6.45) is -3.72. The molecule has 90 valence electrons. The van der Waals surface area contributed by atoms with Crippen LogP contribution >= 0.6 is 0 Å². The average Bonchev–Trinajstić information content (AvgIpc) is 2.14. The van der Waals surface area contributed by atoms with Gasteiger partial charge in [-0.2, -0.15) is 0 Å². The van der Waals surface area contributed by atoms with Crippen LogP contribution in [0.5, 0.6) is 0 Å². The zero-order valence-corrected chi connectivity index (χ0v) is 9.43. The van der Waals surface area contributed by atoms with Crippen molar-refractivity contribution < 1.29 is 18.3 Å². The molecule has 0 bridgehead atoms. The molecule has 3 nitrogen and oxygen atoms in total. The summed E-state index contributed by atoms with van der Waals surface area (Å²) in [5.41, 5.74) is -0.263. The van der Waals surface area contributed by atoms with Crippen molar-refractivity contribution in [2.45, 2.75) is 45.0 Å². The third kappa shape index (κ3) is 4.86. The second-order valence-corrected chi connectivity index (χ2v) is 4.71. The van der Waals surface area contributed by atoms with Gasteiger partial charge in [0.15, 0.2) is 0 Å². The van der Waals surface area contributed by atoms with Crippen molar-refractivity contribution in [2.24, 2.45) is 0 Å². The molecule has 0 aromatic rings. The van der Waals surface area contributed by atoms with Gasteiger partial charge in [-0.3, -0.25) is 0 Å². The van der Waals surface area contributed by atoms with Gasteiger partial charge in [-0.1, -0.05) is 0 Å². The molecule has 1 rings (SSSR count). The number of nitrogens with one attached hydrogen (secondary N) is 1.